The minimum absolute atomic E-state index is 0.753. The number of H-pyrrole nitrogens is 1. The molecule has 0 bridgehead atoms. The van der Waals surface area contributed by atoms with Crippen LogP contribution in [0.5, 0.6) is 0 Å². The second kappa shape index (κ2) is 4.78. The highest BCUT2D eigenvalue weighted by Gasteiger charge is 2.08. The van der Waals surface area contributed by atoms with Crippen LogP contribution in [0.2, 0.25) is 0 Å². The van der Waals surface area contributed by atoms with Gasteiger partial charge in [0.1, 0.15) is 0 Å². The minimum Gasteiger partial charge on any atom is -0.337 e. The molecule has 0 saturated carbocycles. The molecule has 0 amide bonds. The van der Waals surface area contributed by atoms with Crippen LogP contribution in [0.15, 0.2) is 22.8 Å². The maximum Gasteiger partial charge on any atom is 0.182 e. The molecule has 0 aliphatic heterocycles. The lowest BCUT2D eigenvalue weighted by molar-refractivity contribution is 0.918. The minimum atomic E-state index is 0.753. The van der Waals surface area contributed by atoms with Gasteiger partial charge in [-0.25, -0.2) is 0 Å². The molecule has 0 spiro atoms. The van der Waals surface area contributed by atoms with Crippen molar-refractivity contribution in [1.82, 2.24) is 9.55 Å². The van der Waals surface area contributed by atoms with Crippen molar-refractivity contribution in [3.63, 3.8) is 0 Å². The molecule has 1 heterocycles. The Morgan fingerprint density at radius 1 is 1.29 bits per heavy atom. The quantitative estimate of drug-likeness (QED) is 0.811. The third-order valence-corrected chi connectivity index (χ3v) is 4.45. The summed E-state index contributed by atoms with van der Waals surface area (Å²) in [6, 6.07) is 4.31. The summed E-state index contributed by atoms with van der Waals surface area (Å²) in [5, 5.41) is 0. The Balaban J connectivity index is 2.69. The molecular formula is C13H15BrN2S. The molecule has 1 aromatic heterocycles. The van der Waals surface area contributed by atoms with Gasteiger partial charge in [0.15, 0.2) is 4.77 Å². The first-order valence-electron chi connectivity index (χ1n) is 5.61. The van der Waals surface area contributed by atoms with E-state index in [2.05, 4.69) is 58.4 Å². The Bertz CT molecular complexity index is 587. The molecule has 2 rings (SSSR count). The molecule has 0 radical (unpaired) electrons. The first-order chi connectivity index (χ1) is 8.04. The molecule has 1 N–H and O–H groups in total. The van der Waals surface area contributed by atoms with Gasteiger partial charge in [-0.15, -0.1) is 0 Å². The van der Waals surface area contributed by atoms with Gasteiger partial charge in [0.2, 0.25) is 0 Å². The van der Waals surface area contributed by atoms with E-state index in [0.717, 1.165) is 16.9 Å². The van der Waals surface area contributed by atoms with Gasteiger partial charge in [0.05, 0.1) is 0 Å². The van der Waals surface area contributed by atoms with Crippen LogP contribution < -0.4 is 0 Å². The predicted octanol–water partition coefficient (Wildman–Crippen LogP) is 4.48. The number of hydrogen-bond acceptors (Lipinski definition) is 1. The van der Waals surface area contributed by atoms with Crippen molar-refractivity contribution in [2.45, 2.75) is 27.2 Å². The molecule has 2 aromatic rings. The summed E-state index contributed by atoms with van der Waals surface area (Å²) in [5.41, 5.74) is 4.79. The van der Waals surface area contributed by atoms with Gasteiger partial charge in [-0.1, -0.05) is 22.9 Å². The third kappa shape index (κ3) is 2.24. The molecule has 0 atom stereocenters. The van der Waals surface area contributed by atoms with E-state index in [0.29, 0.717) is 0 Å². The molecule has 0 unspecified atom stereocenters. The first kappa shape index (κ1) is 12.6. The average molecular weight is 311 g/mol. The van der Waals surface area contributed by atoms with Crippen molar-refractivity contribution < 1.29 is 0 Å². The van der Waals surface area contributed by atoms with Crippen LogP contribution in [0.3, 0.4) is 0 Å². The number of aryl methyl sites for hydroxylation is 3. The van der Waals surface area contributed by atoms with Gasteiger partial charge < -0.3 is 4.98 Å². The monoisotopic (exact) mass is 310 g/mol. The maximum atomic E-state index is 5.34. The van der Waals surface area contributed by atoms with E-state index in [9.17, 15) is 0 Å². The van der Waals surface area contributed by atoms with E-state index in [-0.39, 0.29) is 0 Å². The molecule has 90 valence electrons. The fraction of sp³-hybridized carbons (Fsp3) is 0.308. The Hall–Kier alpha value is -0.870. The van der Waals surface area contributed by atoms with Crippen molar-refractivity contribution in [2.24, 2.45) is 0 Å². The number of halogens is 1. The Morgan fingerprint density at radius 2 is 1.88 bits per heavy atom. The molecule has 0 saturated heterocycles. The topological polar surface area (TPSA) is 20.7 Å². The fourth-order valence-corrected chi connectivity index (χ4v) is 2.51. The highest BCUT2D eigenvalue weighted by molar-refractivity contribution is 9.10. The maximum absolute atomic E-state index is 5.34. The standard InChI is InChI=1S/C13H15BrN2S/c1-4-10-7-15-13(17)16(10)11-5-8(2)12(14)9(3)6-11/h5-7H,4H2,1-3H3,(H,15,17). The van der Waals surface area contributed by atoms with Crippen LogP contribution in [0.1, 0.15) is 23.7 Å². The second-order valence-corrected chi connectivity index (χ2v) is 5.35. The Morgan fingerprint density at radius 3 is 2.41 bits per heavy atom. The van der Waals surface area contributed by atoms with E-state index < -0.39 is 0 Å². The van der Waals surface area contributed by atoms with E-state index in [1.165, 1.54) is 21.3 Å². The van der Waals surface area contributed by atoms with Gasteiger partial charge >= 0.3 is 0 Å². The van der Waals surface area contributed by atoms with E-state index in [4.69, 9.17) is 12.2 Å². The van der Waals surface area contributed by atoms with Crippen LogP contribution in [0.25, 0.3) is 5.69 Å². The number of rotatable bonds is 2. The fourth-order valence-electron chi connectivity index (χ4n) is 2.00. The van der Waals surface area contributed by atoms with Crippen molar-refractivity contribution in [1.29, 1.82) is 0 Å². The summed E-state index contributed by atoms with van der Waals surface area (Å²) in [5.74, 6) is 0. The zero-order valence-electron chi connectivity index (χ0n) is 10.2. The number of hydrogen-bond donors (Lipinski definition) is 1. The normalized spacial score (nSPS) is 10.8. The Labute approximate surface area is 115 Å². The molecule has 2 nitrogen and oxygen atoms in total. The smallest absolute Gasteiger partial charge is 0.182 e. The number of aromatic amines is 1. The van der Waals surface area contributed by atoms with Crippen molar-refractivity contribution in [3.8, 4) is 5.69 Å². The Kier molecular flexibility index (Phi) is 3.54. The van der Waals surface area contributed by atoms with Gasteiger partial charge in [-0.3, -0.25) is 4.57 Å². The van der Waals surface area contributed by atoms with E-state index >= 15 is 0 Å². The lowest BCUT2D eigenvalue weighted by atomic mass is 10.1. The van der Waals surface area contributed by atoms with Crippen molar-refractivity contribution >= 4 is 28.1 Å². The molecule has 0 fully saturated rings. The summed E-state index contributed by atoms with van der Waals surface area (Å²) in [6.45, 7) is 6.33. The van der Waals surface area contributed by atoms with Crippen LogP contribution in [0.4, 0.5) is 0 Å². The molecule has 1 aromatic carbocycles. The molecule has 0 aliphatic rings. The third-order valence-electron chi connectivity index (χ3n) is 2.89. The summed E-state index contributed by atoms with van der Waals surface area (Å²) in [4.78, 5) is 3.11. The largest absolute Gasteiger partial charge is 0.337 e. The lowest BCUT2D eigenvalue weighted by Crippen LogP contribution is -2.00. The summed E-state index contributed by atoms with van der Waals surface area (Å²) >= 11 is 8.92. The number of imidazole rings is 1. The molecule has 17 heavy (non-hydrogen) atoms. The van der Waals surface area contributed by atoms with Gasteiger partial charge in [-0.05, 0) is 55.7 Å². The second-order valence-electron chi connectivity index (χ2n) is 4.17. The highest BCUT2D eigenvalue weighted by Crippen LogP contribution is 2.25. The lowest BCUT2D eigenvalue weighted by Gasteiger charge is -2.11. The van der Waals surface area contributed by atoms with Crippen molar-refractivity contribution in [3.05, 3.63) is 44.4 Å². The van der Waals surface area contributed by atoms with Gasteiger partial charge in [0, 0.05) is 22.1 Å². The van der Waals surface area contributed by atoms with Crippen LogP contribution in [0, 0.1) is 18.6 Å². The highest BCUT2D eigenvalue weighted by atomic mass is 79.9. The van der Waals surface area contributed by atoms with Crippen LogP contribution >= 0.6 is 28.1 Å². The zero-order valence-corrected chi connectivity index (χ0v) is 12.6. The average Bonchev–Trinajstić information content (AvgIpc) is 2.66. The number of nitrogens with one attached hydrogen (secondary N) is 1. The van der Waals surface area contributed by atoms with E-state index in [1.54, 1.807) is 0 Å². The van der Waals surface area contributed by atoms with E-state index in [1.807, 2.05) is 6.20 Å². The SMILES string of the molecule is CCc1c[nH]c(=S)n1-c1cc(C)c(Br)c(C)c1. The van der Waals surface area contributed by atoms with Crippen LogP contribution in [-0.2, 0) is 6.42 Å². The zero-order chi connectivity index (χ0) is 12.6. The summed E-state index contributed by atoms with van der Waals surface area (Å²) in [6.07, 6.45) is 2.94. The molecule has 0 aliphatic carbocycles. The molecular weight excluding hydrogens is 296 g/mol. The molecule has 4 heteroatoms. The first-order valence-corrected chi connectivity index (χ1v) is 6.81. The number of benzene rings is 1. The number of aromatic nitrogens is 2. The van der Waals surface area contributed by atoms with Crippen LogP contribution in [-0.4, -0.2) is 9.55 Å². The predicted molar refractivity (Wildman–Crippen MR) is 77.5 cm³/mol. The number of nitrogens with zero attached hydrogens (tertiary/aromatic N) is 1. The van der Waals surface area contributed by atoms with Crippen molar-refractivity contribution in [2.75, 3.05) is 0 Å². The van der Waals surface area contributed by atoms with Gasteiger partial charge in [0.25, 0.3) is 0 Å². The summed E-state index contributed by atoms with van der Waals surface area (Å²) in [7, 11) is 0. The van der Waals surface area contributed by atoms with Gasteiger partial charge in [-0.2, -0.15) is 0 Å². The summed E-state index contributed by atoms with van der Waals surface area (Å²) < 4.78 is 4.02.